The van der Waals surface area contributed by atoms with E-state index in [-0.39, 0.29) is 29.8 Å². The number of carbonyl (C=O) groups excluding carboxylic acids is 3. The normalized spacial score (nSPS) is 22.4. The molecule has 0 unspecified atom stereocenters. The quantitative estimate of drug-likeness (QED) is 0.496. The zero-order chi connectivity index (χ0) is 23.3. The molecular formula is C26H37NO5. The third-order valence-electron chi connectivity index (χ3n) is 6.88. The fraction of sp³-hybridized carbons (Fsp3) is 0.654. The Kier molecular flexibility index (Phi) is 8.10. The molecule has 0 aromatic heterocycles. The Hall–Kier alpha value is -2.21. The van der Waals surface area contributed by atoms with E-state index in [0.29, 0.717) is 25.4 Å². The van der Waals surface area contributed by atoms with E-state index in [2.05, 4.69) is 5.32 Å². The summed E-state index contributed by atoms with van der Waals surface area (Å²) in [6.45, 7) is 5.90. The van der Waals surface area contributed by atoms with Crippen molar-refractivity contribution in [1.29, 1.82) is 0 Å². The minimum atomic E-state index is -0.782. The number of methoxy groups -OCH3 is 1. The van der Waals surface area contributed by atoms with Gasteiger partial charge < -0.3 is 14.8 Å². The molecule has 1 N–H and O–H groups in total. The van der Waals surface area contributed by atoms with Gasteiger partial charge in [0.2, 0.25) is 5.91 Å². The Morgan fingerprint density at radius 1 is 1.16 bits per heavy atom. The van der Waals surface area contributed by atoms with Gasteiger partial charge in [0.1, 0.15) is 17.1 Å². The predicted molar refractivity (Wildman–Crippen MR) is 123 cm³/mol. The number of epoxide rings is 1. The molecule has 0 radical (unpaired) electrons. The van der Waals surface area contributed by atoms with E-state index >= 15 is 0 Å². The maximum Gasteiger partial charge on any atom is 0.224 e. The number of rotatable bonds is 12. The largest absolute Gasteiger partial charge is 0.497 e. The number of carbonyl (C=O) groups is 3. The molecule has 0 bridgehead atoms. The highest BCUT2D eigenvalue weighted by atomic mass is 16.6. The van der Waals surface area contributed by atoms with Crippen LogP contribution in [0, 0.1) is 17.8 Å². The maximum absolute atomic E-state index is 13.4. The van der Waals surface area contributed by atoms with Crippen molar-refractivity contribution in [2.45, 2.75) is 77.4 Å². The van der Waals surface area contributed by atoms with Crippen LogP contribution in [0.2, 0.25) is 0 Å². The molecule has 176 valence electrons. The second-order valence-corrected chi connectivity index (χ2v) is 9.91. The third-order valence-corrected chi connectivity index (χ3v) is 6.88. The van der Waals surface area contributed by atoms with Gasteiger partial charge >= 0.3 is 0 Å². The molecule has 1 saturated carbocycles. The van der Waals surface area contributed by atoms with Crippen LogP contribution in [0.1, 0.15) is 64.9 Å². The van der Waals surface area contributed by atoms with Crippen LogP contribution >= 0.6 is 0 Å². The van der Waals surface area contributed by atoms with E-state index < -0.39 is 17.6 Å². The van der Waals surface area contributed by atoms with Gasteiger partial charge in [-0.15, -0.1) is 0 Å². The summed E-state index contributed by atoms with van der Waals surface area (Å²) in [7, 11) is 1.61. The lowest BCUT2D eigenvalue weighted by molar-refractivity contribution is -0.134. The summed E-state index contributed by atoms with van der Waals surface area (Å²) in [6.07, 6.45) is 5.79. The Balaban J connectivity index is 1.74. The Bertz CT molecular complexity index is 806. The van der Waals surface area contributed by atoms with Gasteiger partial charge in [-0.1, -0.05) is 51.7 Å². The van der Waals surface area contributed by atoms with Gasteiger partial charge in [-0.05, 0) is 43.4 Å². The molecule has 6 heteroatoms. The number of Topliss-reactive ketones (excluding diaryl/α,β-unsaturated/α-hetero) is 2. The molecule has 6 nitrogen and oxygen atoms in total. The van der Waals surface area contributed by atoms with Crippen molar-refractivity contribution in [3.8, 4) is 5.75 Å². The van der Waals surface area contributed by atoms with Gasteiger partial charge in [-0.3, -0.25) is 14.4 Å². The van der Waals surface area contributed by atoms with Gasteiger partial charge in [-0.25, -0.2) is 0 Å². The van der Waals surface area contributed by atoms with Crippen LogP contribution in [0.15, 0.2) is 24.3 Å². The van der Waals surface area contributed by atoms with Crippen molar-refractivity contribution in [1.82, 2.24) is 5.32 Å². The molecule has 1 aliphatic carbocycles. The molecule has 1 saturated heterocycles. The highest BCUT2D eigenvalue weighted by molar-refractivity contribution is 5.97. The SMILES string of the molecule is COc1ccc(C[C@H](CC(=O)C(C)C)C(=O)N[C@@H](CC2CCCC2)C(=O)[C@@]2(C)CO2)cc1. The van der Waals surface area contributed by atoms with Gasteiger partial charge in [0, 0.05) is 18.3 Å². The van der Waals surface area contributed by atoms with Crippen molar-refractivity contribution in [3.05, 3.63) is 29.8 Å². The first-order valence-electron chi connectivity index (χ1n) is 11.9. The number of ketones is 2. The van der Waals surface area contributed by atoms with Crippen LogP contribution < -0.4 is 10.1 Å². The van der Waals surface area contributed by atoms with Crippen molar-refractivity contribution in [2.75, 3.05) is 13.7 Å². The molecule has 1 heterocycles. The van der Waals surface area contributed by atoms with Gasteiger partial charge in [0.05, 0.1) is 19.8 Å². The van der Waals surface area contributed by atoms with Crippen LogP contribution in [0.25, 0.3) is 0 Å². The average Bonchev–Trinajstić information content (AvgIpc) is 3.31. The molecule has 3 atom stereocenters. The van der Waals surface area contributed by atoms with Gasteiger partial charge in [-0.2, -0.15) is 0 Å². The lowest BCUT2D eigenvalue weighted by Gasteiger charge is -2.25. The lowest BCUT2D eigenvalue weighted by Crippen LogP contribution is -2.49. The first-order valence-corrected chi connectivity index (χ1v) is 11.9. The summed E-state index contributed by atoms with van der Waals surface area (Å²) in [5.74, 6) is 0.305. The van der Waals surface area contributed by atoms with Crippen LogP contribution in [-0.4, -0.2) is 42.8 Å². The maximum atomic E-state index is 13.4. The van der Waals surface area contributed by atoms with Crippen LogP contribution in [0.4, 0.5) is 0 Å². The van der Waals surface area contributed by atoms with E-state index in [1.807, 2.05) is 38.1 Å². The number of ether oxygens (including phenoxy) is 2. The fourth-order valence-electron chi connectivity index (χ4n) is 4.50. The number of amides is 1. The standard InChI is InChI=1S/C26H37NO5/c1-17(2)23(28)15-20(13-19-9-11-21(31-4)12-10-19)25(30)27-22(14-18-7-5-6-8-18)24(29)26(3)16-32-26/h9-12,17-18,20,22H,5-8,13-16H2,1-4H3,(H,27,30)/t20-,22+,26-/m1/s1. The van der Waals surface area contributed by atoms with E-state index in [9.17, 15) is 14.4 Å². The van der Waals surface area contributed by atoms with Crippen LogP contribution in [0.3, 0.4) is 0 Å². The topological polar surface area (TPSA) is 85.0 Å². The smallest absolute Gasteiger partial charge is 0.224 e. The van der Waals surface area contributed by atoms with E-state index in [0.717, 1.165) is 24.2 Å². The Morgan fingerprint density at radius 3 is 2.31 bits per heavy atom. The van der Waals surface area contributed by atoms with Crippen LogP contribution in [0.5, 0.6) is 5.75 Å². The molecule has 1 aromatic rings. The van der Waals surface area contributed by atoms with Gasteiger partial charge in [0.15, 0.2) is 5.78 Å². The number of benzene rings is 1. The van der Waals surface area contributed by atoms with E-state index in [1.54, 1.807) is 14.0 Å². The highest BCUT2D eigenvalue weighted by Gasteiger charge is 2.50. The van der Waals surface area contributed by atoms with Crippen molar-refractivity contribution >= 4 is 17.5 Å². The molecular weight excluding hydrogens is 406 g/mol. The second kappa shape index (κ2) is 10.6. The molecule has 32 heavy (non-hydrogen) atoms. The number of nitrogens with one attached hydrogen (secondary N) is 1. The third kappa shape index (κ3) is 6.41. The Morgan fingerprint density at radius 2 is 1.78 bits per heavy atom. The summed E-state index contributed by atoms with van der Waals surface area (Å²) >= 11 is 0. The second-order valence-electron chi connectivity index (χ2n) is 9.91. The fourth-order valence-corrected chi connectivity index (χ4v) is 4.50. The number of hydrogen-bond acceptors (Lipinski definition) is 5. The summed E-state index contributed by atoms with van der Waals surface area (Å²) in [4.78, 5) is 39.0. The summed E-state index contributed by atoms with van der Waals surface area (Å²) in [5.41, 5.74) is 0.175. The zero-order valence-electron chi connectivity index (χ0n) is 19.8. The molecule has 1 aromatic carbocycles. The zero-order valence-corrected chi connectivity index (χ0v) is 19.8. The summed E-state index contributed by atoms with van der Waals surface area (Å²) in [6, 6.07) is 6.97. The first kappa shape index (κ1) is 24.4. The van der Waals surface area contributed by atoms with Crippen molar-refractivity contribution < 1.29 is 23.9 Å². The highest BCUT2D eigenvalue weighted by Crippen LogP contribution is 2.33. The van der Waals surface area contributed by atoms with Crippen LogP contribution in [-0.2, 0) is 25.5 Å². The van der Waals surface area contributed by atoms with Crippen molar-refractivity contribution in [3.63, 3.8) is 0 Å². The first-order chi connectivity index (χ1) is 15.2. The lowest BCUT2D eigenvalue weighted by atomic mass is 9.88. The Labute approximate surface area is 191 Å². The van der Waals surface area contributed by atoms with E-state index in [4.69, 9.17) is 9.47 Å². The minimum Gasteiger partial charge on any atom is -0.497 e. The number of hydrogen-bond donors (Lipinski definition) is 1. The molecule has 1 aliphatic heterocycles. The molecule has 0 spiro atoms. The predicted octanol–water partition coefficient (Wildman–Crippen LogP) is 3.89. The monoisotopic (exact) mass is 443 g/mol. The summed E-state index contributed by atoms with van der Waals surface area (Å²) in [5, 5.41) is 3.03. The molecule has 2 aliphatic rings. The van der Waals surface area contributed by atoms with Gasteiger partial charge in [0.25, 0.3) is 0 Å². The minimum absolute atomic E-state index is 0.0452. The molecule has 2 fully saturated rings. The van der Waals surface area contributed by atoms with Crippen molar-refractivity contribution in [2.24, 2.45) is 17.8 Å². The average molecular weight is 444 g/mol. The molecule has 3 rings (SSSR count). The summed E-state index contributed by atoms with van der Waals surface area (Å²) < 4.78 is 10.6. The molecule has 1 amide bonds. The van der Waals surface area contributed by atoms with E-state index in [1.165, 1.54) is 12.8 Å².